The van der Waals surface area contributed by atoms with E-state index in [1.165, 1.54) is 0 Å². The van der Waals surface area contributed by atoms with E-state index < -0.39 is 0 Å². The van der Waals surface area contributed by atoms with Crippen molar-refractivity contribution < 1.29 is 4.39 Å². The number of benzene rings is 1. The van der Waals surface area contributed by atoms with Gasteiger partial charge in [-0.2, -0.15) is 0 Å². The summed E-state index contributed by atoms with van der Waals surface area (Å²) in [5.41, 5.74) is 1.78. The maximum absolute atomic E-state index is 14.4. The number of hydrogen-bond acceptors (Lipinski definition) is 2. The van der Waals surface area contributed by atoms with Crippen LogP contribution in [0.3, 0.4) is 0 Å². The second kappa shape index (κ2) is 6.57. The lowest BCUT2D eigenvalue weighted by molar-refractivity contribution is 0.434. The molecule has 20 heavy (non-hydrogen) atoms. The standard InChI is InChI=1S/C17H27FN2/c1-12(2)19-14(4)15-5-6-17(16(18)11-15)20-9-7-13(3)8-10-20/h5-6,11-14,19H,7-10H2,1-4H3/t14-/m1/s1. The van der Waals surface area contributed by atoms with Crippen molar-refractivity contribution >= 4 is 5.69 Å². The molecule has 1 aliphatic heterocycles. The molecule has 0 spiro atoms. The summed E-state index contributed by atoms with van der Waals surface area (Å²) < 4.78 is 14.4. The Morgan fingerprint density at radius 1 is 1.20 bits per heavy atom. The molecule has 112 valence electrons. The minimum atomic E-state index is -0.0885. The molecule has 1 N–H and O–H groups in total. The van der Waals surface area contributed by atoms with Crippen molar-refractivity contribution in [2.24, 2.45) is 5.92 Å². The Morgan fingerprint density at radius 3 is 2.40 bits per heavy atom. The van der Waals surface area contributed by atoms with Crippen LogP contribution in [0, 0.1) is 11.7 Å². The van der Waals surface area contributed by atoms with Crippen molar-refractivity contribution in [3.63, 3.8) is 0 Å². The highest BCUT2D eigenvalue weighted by molar-refractivity contribution is 5.50. The second-order valence-electron chi connectivity index (χ2n) is 6.42. The van der Waals surface area contributed by atoms with Crippen LogP contribution in [0.1, 0.15) is 52.1 Å². The zero-order chi connectivity index (χ0) is 14.7. The molecule has 3 heteroatoms. The van der Waals surface area contributed by atoms with E-state index in [2.05, 4.69) is 44.0 Å². The molecular formula is C17H27FN2. The summed E-state index contributed by atoms with van der Waals surface area (Å²) in [6.07, 6.45) is 2.32. The summed E-state index contributed by atoms with van der Waals surface area (Å²) in [7, 11) is 0. The minimum Gasteiger partial charge on any atom is -0.369 e. The number of hydrogen-bond donors (Lipinski definition) is 1. The molecule has 0 aromatic heterocycles. The van der Waals surface area contributed by atoms with Crippen molar-refractivity contribution in [3.05, 3.63) is 29.6 Å². The van der Waals surface area contributed by atoms with Crippen LogP contribution in [-0.2, 0) is 0 Å². The van der Waals surface area contributed by atoms with Gasteiger partial charge >= 0.3 is 0 Å². The monoisotopic (exact) mass is 278 g/mol. The second-order valence-corrected chi connectivity index (χ2v) is 6.42. The number of nitrogens with zero attached hydrogens (tertiary/aromatic N) is 1. The van der Waals surface area contributed by atoms with Gasteiger partial charge in [-0.05, 0) is 43.4 Å². The maximum atomic E-state index is 14.4. The highest BCUT2D eigenvalue weighted by Crippen LogP contribution is 2.27. The first-order chi connectivity index (χ1) is 9.47. The van der Waals surface area contributed by atoms with Crippen molar-refractivity contribution in [1.82, 2.24) is 5.32 Å². The fourth-order valence-electron chi connectivity index (χ4n) is 2.89. The zero-order valence-electron chi connectivity index (χ0n) is 13.1. The predicted molar refractivity (Wildman–Crippen MR) is 83.7 cm³/mol. The maximum Gasteiger partial charge on any atom is 0.146 e. The Bertz CT molecular complexity index is 437. The van der Waals surface area contributed by atoms with Crippen molar-refractivity contribution in [1.29, 1.82) is 0 Å². The van der Waals surface area contributed by atoms with Crippen LogP contribution in [0.2, 0.25) is 0 Å². The Kier molecular flexibility index (Phi) is 5.03. The number of piperidine rings is 1. The highest BCUT2D eigenvalue weighted by atomic mass is 19.1. The third-order valence-electron chi connectivity index (χ3n) is 4.18. The quantitative estimate of drug-likeness (QED) is 0.891. The fraction of sp³-hybridized carbons (Fsp3) is 0.647. The number of nitrogens with one attached hydrogen (secondary N) is 1. The third kappa shape index (κ3) is 3.72. The molecule has 1 atom stereocenters. The van der Waals surface area contributed by atoms with Gasteiger partial charge in [0.1, 0.15) is 5.82 Å². The van der Waals surface area contributed by atoms with Gasteiger partial charge in [-0.15, -0.1) is 0 Å². The Labute approximate surface area is 122 Å². The molecule has 0 aliphatic carbocycles. The van der Waals surface area contributed by atoms with E-state index in [1.54, 1.807) is 6.07 Å². The molecule has 0 saturated carbocycles. The number of anilines is 1. The number of halogens is 1. The molecule has 1 aliphatic rings. The van der Waals surface area contributed by atoms with Crippen LogP contribution in [0.4, 0.5) is 10.1 Å². The van der Waals surface area contributed by atoms with E-state index in [9.17, 15) is 4.39 Å². The van der Waals surface area contributed by atoms with Crippen molar-refractivity contribution in [2.75, 3.05) is 18.0 Å². The first-order valence-corrected chi connectivity index (χ1v) is 7.78. The molecule has 2 rings (SSSR count). The lowest BCUT2D eigenvalue weighted by Gasteiger charge is -2.32. The van der Waals surface area contributed by atoms with Gasteiger partial charge < -0.3 is 10.2 Å². The van der Waals surface area contributed by atoms with Crippen LogP contribution in [0.5, 0.6) is 0 Å². The van der Waals surface area contributed by atoms with Gasteiger partial charge in [0, 0.05) is 25.2 Å². The normalized spacial score (nSPS) is 18.6. The van der Waals surface area contributed by atoms with Gasteiger partial charge in [0.25, 0.3) is 0 Å². The Balaban J connectivity index is 2.09. The van der Waals surface area contributed by atoms with E-state index >= 15 is 0 Å². The van der Waals surface area contributed by atoms with E-state index in [4.69, 9.17) is 0 Å². The van der Waals surface area contributed by atoms with Crippen molar-refractivity contribution in [3.8, 4) is 0 Å². The largest absolute Gasteiger partial charge is 0.369 e. The van der Waals surface area contributed by atoms with Gasteiger partial charge in [0.2, 0.25) is 0 Å². The van der Waals surface area contributed by atoms with E-state index in [0.717, 1.165) is 43.1 Å². The molecule has 0 bridgehead atoms. The molecule has 0 unspecified atom stereocenters. The fourth-order valence-corrected chi connectivity index (χ4v) is 2.89. The molecular weight excluding hydrogens is 251 g/mol. The molecule has 0 radical (unpaired) electrons. The molecule has 1 aromatic carbocycles. The first kappa shape index (κ1) is 15.3. The van der Waals surface area contributed by atoms with Gasteiger partial charge in [0.05, 0.1) is 5.69 Å². The first-order valence-electron chi connectivity index (χ1n) is 7.78. The van der Waals surface area contributed by atoms with Crippen molar-refractivity contribution in [2.45, 2.75) is 52.6 Å². The Hall–Kier alpha value is -1.09. The number of rotatable bonds is 4. The summed E-state index contributed by atoms with van der Waals surface area (Å²) in [6, 6.07) is 6.26. The lowest BCUT2D eigenvalue weighted by atomic mass is 9.98. The van der Waals surface area contributed by atoms with Crippen LogP contribution in [-0.4, -0.2) is 19.1 Å². The third-order valence-corrected chi connectivity index (χ3v) is 4.18. The topological polar surface area (TPSA) is 15.3 Å². The summed E-state index contributed by atoms with van der Waals surface area (Å²) >= 11 is 0. The molecule has 2 nitrogen and oxygen atoms in total. The van der Waals surface area contributed by atoms with Gasteiger partial charge in [-0.25, -0.2) is 4.39 Å². The SMILES string of the molecule is CC1CCN(c2ccc([C@@H](C)NC(C)C)cc2F)CC1. The van der Waals surface area contributed by atoms with E-state index in [1.807, 2.05) is 6.07 Å². The Morgan fingerprint density at radius 2 is 1.85 bits per heavy atom. The predicted octanol–water partition coefficient (Wildman–Crippen LogP) is 4.12. The van der Waals surface area contributed by atoms with Crippen LogP contribution >= 0.6 is 0 Å². The van der Waals surface area contributed by atoms with Crippen LogP contribution in [0.25, 0.3) is 0 Å². The average molecular weight is 278 g/mol. The summed E-state index contributed by atoms with van der Waals surface area (Å²) in [6.45, 7) is 10.5. The van der Waals surface area contributed by atoms with E-state index in [-0.39, 0.29) is 11.9 Å². The molecule has 1 heterocycles. The van der Waals surface area contributed by atoms with Gasteiger partial charge in [-0.1, -0.05) is 26.8 Å². The molecule has 1 fully saturated rings. The molecule has 0 amide bonds. The molecule has 1 aromatic rings. The summed E-state index contributed by atoms with van der Waals surface area (Å²) in [4.78, 5) is 2.18. The average Bonchev–Trinajstić information content (AvgIpc) is 2.39. The smallest absolute Gasteiger partial charge is 0.146 e. The van der Waals surface area contributed by atoms with Gasteiger partial charge in [-0.3, -0.25) is 0 Å². The minimum absolute atomic E-state index is 0.0885. The van der Waals surface area contributed by atoms with Crippen LogP contribution in [0.15, 0.2) is 18.2 Å². The summed E-state index contributed by atoms with van der Waals surface area (Å²) in [5, 5.41) is 3.41. The molecule has 1 saturated heterocycles. The summed E-state index contributed by atoms with van der Waals surface area (Å²) in [5.74, 6) is 0.679. The highest BCUT2D eigenvalue weighted by Gasteiger charge is 2.19. The lowest BCUT2D eigenvalue weighted by Crippen LogP contribution is -2.33. The van der Waals surface area contributed by atoms with Crippen LogP contribution < -0.4 is 10.2 Å². The van der Waals surface area contributed by atoms with Gasteiger partial charge in [0.15, 0.2) is 0 Å². The van der Waals surface area contributed by atoms with E-state index in [0.29, 0.717) is 6.04 Å². The zero-order valence-corrected chi connectivity index (χ0v) is 13.1.